The molecule has 0 saturated carbocycles. The molecule has 0 aromatic heterocycles. The number of nitrogens with two attached hydrogens (primary N) is 1. The number of rotatable bonds is 6. The Morgan fingerprint density at radius 2 is 2.24 bits per heavy atom. The van der Waals surface area contributed by atoms with Crippen molar-refractivity contribution in [1.29, 1.82) is 0 Å². The van der Waals surface area contributed by atoms with E-state index < -0.39 is 0 Å². The van der Waals surface area contributed by atoms with Crippen molar-refractivity contribution in [3.8, 4) is 11.5 Å². The highest BCUT2D eigenvalue weighted by Gasteiger charge is 2.09. The number of aromatic hydroxyl groups is 1. The first-order valence-corrected chi connectivity index (χ1v) is 5.51. The lowest BCUT2D eigenvalue weighted by molar-refractivity contribution is 0.317. The molecular weight excluding hydrogens is 238 g/mol. The molecule has 0 heterocycles. The van der Waals surface area contributed by atoms with Gasteiger partial charge in [-0.15, -0.1) is 19.0 Å². The van der Waals surface area contributed by atoms with Gasteiger partial charge in [-0.25, -0.2) is 0 Å². The Morgan fingerprint density at radius 1 is 1.53 bits per heavy atom. The van der Waals surface area contributed by atoms with Gasteiger partial charge in [-0.05, 0) is 37.5 Å². The molecule has 0 saturated heterocycles. The van der Waals surface area contributed by atoms with E-state index >= 15 is 0 Å². The van der Waals surface area contributed by atoms with Crippen molar-refractivity contribution >= 4 is 12.4 Å². The summed E-state index contributed by atoms with van der Waals surface area (Å²) in [6, 6.07) is 5.20. The lowest BCUT2D eigenvalue weighted by Gasteiger charge is -2.13. The van der Waals surface area contributed by atoms with Crippen molar-refractivity contribution in [2.24, 2.45) is 5.73 Å². The first kappa shape index (κ1) is 15.8. The summed E-state index contributed by atoms with van der Waals surface area (Å²) in [5.74, 6) is 0.649. The number of phenolic OH excluding ortho intramolecular Hbond substituents is 1. The molecule has 96 valence electrons. The van der Waals surface area contributed by atoms with E-state index in [9.17, 15) is 5.11 Å². The van der Waals surface area contributed by atoms with Gasteiger partial charge in [-0.1, -0.05) is 12.1 Å². The summed E-state index contributed by atoms with van der Waals surface area (Å²) in [4.78, 5) is 0. The Bertz CT molecular complexity index is 355. The minimum absolute atomic E-state index is 0. The van der Waals surface area contributed by atoms with Crippen molar-refractivity contribution in [2.75, 3.05) is 6.61 Å². The van der Waals surface area contributed by atoms with Crippen LogP contribution >= 0.6 is 12.4 Å². The van der Waals surface area contributed by atoms with E-state index in [2.05, 4.69) is 6.58 Å². The van der Waals surface area contributed by atoms with E-state index in [1.54, 1.807) is 12.1 Å². The number of phenols is 1. The van der Waals surface area contributed by atoms with Gasteiger partial charge in [0.15, 0.2) is 11.5 Å². The Balaban J connectivity index is 0.00000256. The molecule has 0 radical (unpaired) electrons. The summed E-state index contributed by atoms with van der Waals surface area (Å²) < 4.78 is 5.31. The summed E-state index contributed by atoms with van der Waals surface area (Å²) in [6.07, 6.45) is 3.58. The van der Waals surface area contributed by atoms with E-state index in [1.165, 1.54) is 0 Å². The fourth-order valence-corrected chi connectivity index (χ4v) is 1.50. The van der Waals surface area contributed by atoms with E-state index in [4.69, 9.17) is 10.5 Å². The molecule has 0 aliphatic carbocycles. The third kappa shape index (κ3) is 4.67. The molecule has 0 aliphatic heterocycles. The highest BCUT2D eigenvalue weighted by molar-refractivity contribution is 5.85. The molecule has 1 aromatic rings. The van der Waals surface area contributed by atoms with Crippen LogP contribution in [0.5, 0.6) is 11.5 Å². The summed E-state index contributed by atoms with van der Waals surface area (Å²) in [6.45, 7) is 6.07. The molecule has 1 aromatic carbocycles. The molecule has 17 heavy (non-hydrogen) atoms. The molecule has 0 bridgehead atoms. The average Bonchev–Trinajstić information content (AvgIpc) is 2.29. The number of ether oxygens (including phenoxy) is 1. The highest BCUT2D eigenvalue weighted by Crippen LogP contribution is 2.29. The molecule has 0 aliphatic rings. The van der Waals surface area contributed by atoms with Crippen molar-refractivity contribution in [1.82, 2.24) is 0 Å². The average molecular weight is 258 g/mol. The van der Waals surface area contributed by atoms with Gasteiger partial charge < -0.3 is 15.6 Å². The first-order valence-electron chi connectivity index (χ1n) is 5.51. The van der Waals surface area contributed by atoms with Gasteiger partial charge in [0.2, 0.25) is 0 Å². The predicted molar refractivity (Wildman–Crippen MR) is 72.9 cm³/mol. The third-order valence-electron chi connectivity index (χ3n) is 2.39. The second-order valence-corrected chi connectivity index (χ2v) is 3.63. The first-order chi connectivity index (χ1) is 7.69. The van der Waals surface area contributed by atoms with Crippen molar-refractivity contribution < 1.29 is 9.84 Å². The van der Waals surface area contributed by atoms with Crippen LogP contribution in [0.15, 0.2) is 30.9 Å². The van der Waals surface area contributed by atoms with Crippen LogP contribution in [0.25, 0.3) is 0 Å². The lowest BCUT2D eigenvalue weighted by Crippen LogP contribution is -2.09. The van der Waals surface area contributed by atoms with Crippen LogP contribution in [0.2, 0.25) is 0 Å². The van der Waals surface area contributed by atoms with Crippen LogP contribution in [0.4, 0.5) is 0 Å². The number of hydrogen-bond donors (Lipinski definition) is 2. The Kier molecular flexibility index (Phi) is 7.42. The van der Waals surface area contributed by atoms with Crippen LogP contribution in [-0.4, -0.2) is 11.7 Å². The van der Waals surface area contributed by atoms with Gasteiger partial charge in [0.1, 0.15) is 0 Å². The molecule has 3 N–H and O–H groups in total. The summed E-state index contributed by atoms with van der Waals surface area (Å²) >= 11 is 0. The smallest absolute Gasteiger partial charge is 0.161 e. The predicted octanol–water partition coefficient (Wildman–Crippen LogP) is 3.18. The number of benzene rings is 1. The van der Waals surface area contributed by atoms with Gasteiger partial charge >= 0.3 is 0 Å². The zero-order chi connectivity index (χ0) is 12.0. The molecule has 0 unspecified atom stereocenters. The largest absolute Gasteiger partial charge is 0.504 e. The SMILES string of the molecule is C=CCC[C@@H](N)c1ccc(O)c(OCC)c1.Cl. The lowest BCUT2D eigenvalue weighted by atomic mass is 10.0. The van der Waals surface area contributed by atoms with Gasteiger partial charge in [-0.3, -0.25) is 0 Å². The standard InChI is InChI=1S/C13H19NO2.ClH/c1-3-5-6-11(14)10-7-8-12(15)13(9-10)16-4-2;/h3,7-9,11,15H,1,4-6,14H2,2H3;1H/t11-;/m1./s1. The van der Waals surface area contributed by atoms with E-state index in [1.807, 2.05) is 19.1 Å². The molecule has 3 nitrogen and oxygen atoms in total. The second-order valence-electron chi connectivity index (χ2n) is 3.63. The molecule has 0 spiro atoms. The molecular formula is C13H20ClNO2. The molecule has 4 heteroatoms. The Morgan fingerprint density at radius 3 is 2.82 bits per heavy atom. The zero-order valence-electron chi connectivity index (χ0n) is 10.1. The third-order valence-corrected chi connectivity index (χ3v) is 2.39. The van der Waals surface area contributed by atoms with Crippen LogP contribution < -0.4 is 10.5 Å². The summed E-state index contributed by atoms with van der Waals surface area (Å²) in [5.41, 5.74) is 6.99. The highest BCUT2D eigenvalue weighted by atomic mass is 35.5. The monoisotopic (exact) mass is 257 g/mol. The second kappa shape index (κ2) is 7.98. The molecule has 1 rings (SSSR count). The van der Waals surface area contributed by atoms with E-state index in [0.29, 0.717) is 12.4 Å². The van der Waals surface area contributed by atoms with Crippen LogP contribution in [0.3, 0.4) is 0 Å². The number of allylic oxidation sites excluding steroid dienone is 1. The van der Waals surface area contributed by atoms with Gasteiger partial charge in [0.05, 0.1) is 6.61 Å². The fourth-order valence-electron chi connectivity index (χ4n) is 1.50. The minimum Gasteiger partial charge on any atom is -0.504 e. The maximum atomic E-state index is 9.54. The molecule has 1 atom stereocenters. The fraction of sp³-hybridized carbons (Fsp3) is 0.385. The topological polar surface area (TPSA) is 55.5 Å². The van der Waals surface area contributed by atoms with Crippen LogP contribution in [0, 0.1) is 0 Å². The summed E-state index contributed by atoms with van der Waals surface area (Å²) in [5, 5.41) is 9.54. The van der Waals surface area contributed by atoms with Gasteiger partial charge in [-0.2, -0.15) is 0 Å². The van der Waals surface area contributed by atoms with Crippen LogP contribution in [-0.2, 0) is 0 Å². The van der Waals surface area contributed by atoms with Crippen LogP contribution in [0.1, 0.15) is 31.4 Å². The zero-order valence-corrected chi connectivity index (χ0v) is 10.9. The summed E-state index contributed by atoms with van der Waals surface area (Å²) in [7, 11) is 0. The van der Waals surface area contributed by atoms with Gasteiger partial charge in [0.25, 0.3) is 0 Å². The number of hydrogen-bond acceptors (Lipinski definition) is 3. The van der Waals surface area contributed by atoms with E-state index in [-0.39, 0.29) is 24.2 Å². The quantitative estimate of drug-likeness (QED) is 0.770. The Hall–Kier alpha value is -1.19. The minimum atomic E-state index is -0.0437. The normalized spacial score (nSPS) is 11.4. The maximum Gasteiger partial charge on any atom is 0.161 e. The van der Waals surface area contributed by atoms with E-state index in [0.717, 1.165) is 18.4 Å². The Labute approximate surface area is 109 Å². The van der Waals surface area contributed by atoms with Crippen molar-refractivity contribution in [3.05, 3.63) is 36.4 Å². The maximum absolute atomic E-state index is 9.54. The number of halogens is 1. The van der Waals surface area contributed by atoms with Crippen molar-refractivity contribution in [2.45, 2.75) is 25.8 Å². The molecule has 0 fully saturated rings. The van der Waals surface area contributed by atoms with Gasteiger partial charge in [0, 0.05) is 6.04 Å². The van der Waals surface area contributed by atoms with Crippen molar-refractivity contribution in [3.63, 3.8) is 0 Å². The molecule has 0 amide bonds.